The highest BCUT2D eigenvalue weighted by atomic mass is 32.1. The van der Waals surface area contributed by atoms with Gasteiger partial charge in [0.15, 0.2) is 0 Å². The summed E-state index contributed by atoms with van der Waals surface area (Å²) in [5.41, 5.74) is 0.355. The number of aryl methyl sites for hydroxylation is 1. The van der Waals surface area contributed by atoms with Crippen molar-refractivity contribution < 1.29 is 9.15 Å². The van der Waals surface area contributed by atoms with E-state index in [2.05, 4.69) is 15.0 Å². The molecule has 9 heteroatoms. The molecule has 0 amide bonds. The molecule has 0 atom stereocenters. The first-order valence-electron chi connectivity index (χ1n) is 7.82. The zero-order chi connectivity index (χ0) is 18.1. The van der Waals surface area contributed by atoms with Crippen LogP contribution in [-0.2, 0) is 13.0 Å². The van der Waals surface area contributed by atoms with Gasteiger partial charge < -0.3 is 9.15 Å². The second-order valence-corrected chi connectivity index (χ2v) is 7.21. The van der Waals surface area contributed by atoms with Crippen molar-refractivity contribution in [2.45, 2.75) is 20.0 Å². The molecule has 4 aromatic rings. The van der Waals surface area contributed by atoms with E-state index in [-0.39, 0.29) is 23.7 Å². The molecule has 132 valence electrons. The molecule has 1 N–H and O–H groups in total. The zero-order valence-electron chi connectivity index (χ0n) is 13.6. The van der Waals surface area contributed by atoms with Crippen molar-refractivity contribution in [3.63, 3.8) is 0 Å². The van der Waals surface area contributed by atoms with Crippen molar-refractivity contribution in [2.75, 3.05) is 0 Å². The monoisotopic (exact) mass is 387 g/mol. The molecule has 0 bridgehead atoms. The number of aromatic amines is 1. The van der Waals surface area contributed by atoms with Gasteiger partial charge in [0, 0.05) is 11.4 Å². The second kappa shape index (κ2) is 6.85. The van der Waals surface area contributed by atoms with Crippen LogP contribution < -0.4 is 15.9 Å². The van der Waals surface area contributed by atoms with Crippen LogP contribution in [0, 0.1) is 0 Å². The summed E-state index contributed by atoms with van der Waals surface area (Å²) in [5, 5.41) is 5.07. The summed E-state index contributed by atoms with van der Waals surface area (Å²) in [7, 11) is 0. The van der Waals surface area contributed by atoms with Crippen LogP contribution >= 0.6 is 22.7 Å². The number of aromatic nitrogens is 3. The van der Waals surface area contributed by atoms with Gasteiger partial charge in [-0.1, -0.05) is 13.0 Å². The molecule has 7 nitrogen and oxygen atoms in total. The first-order valence-corrected chi connectivity index (χ1v) is 9.58. The van der Waals surface area contributed by atoms with Crippen LogP contribution in [0.5, 0.6) is 6.01 Å². The third kappa shape index (κ3) is 3.18. The van der Waals surface area contributed by atoms with Crippen LogP contribution in [0.2, 0.25) is 0 Å². The molecule has 0 saturated heterocycles. The number of thiazole rings is 1. The predicted octanol–water partition coefficient (Wildman–Crippen LogP) is 3.20. The number of fused-ring (bicyclic) bond motifs is 1. The van der Waals surface area contributed by atoms with E-state index in [1.54, 1.807) is 11.3 Å². The Morgan fingerprint density at radius 1 is 1.27 bits per heavy atom. The first kappa shape index (κ1) is 16.7. The molecule has 4 rings (SSSR count). The third-order valence-electron chi connectivity index (χ3n) is 3.70. The Hall–Kier alpha value is -2.78. The highest BCUT2D eigenvalue weighted by Gasteiger charge is 2.13. The van der Waals surface area contributed by atoms with E-state index in [0.29, 0.717) is 12.0 Å². The number of thiophene rings is 1. The SMILES string of the molecule is CCc1cc(=O)oc2nc(OCc3csc(-c4cccs4)n3)[nH]c(=O)c12. The third-order valence-corrected chi connectivity index (χ3v) is 5.63. The summed E-state index contributed by atoms with van der Waals surface area (Å²) >= 11 is 3.14. The quantitative estimate of drug-likeness (QED) is 0.565. The fraction of sp³-hybridized carbons (Fsp3) is 0.176. The lowest BCUT2D eigenvalue weighted by atomic mass is 10.1. The summed E-state index contributed by atoms with van der Waals surface area (Å²) in [6.45, 7) is 2.00. The van der Waals surface area contributed by atoms with Crippen LogP contribution in [0.15, 0.2) is 43.0 Å². The van der Waals surface area contributed by atoms with Gasteiger partial charge in [0.1, 0.15) is 17.0 Å². The molecule has 0 saturated carbocycles. The van der Waals surface area contributed by atoms with Gasteiger partial charge in [-0.05, 0) is 23.4 Å². The molecule has 0 aliphatic heterocycles. The fourth-order valence-electron chi connectivity index (χ4n) is 2.51. The largest absolute Gasteiger partial charge is 0.458 e. The minimum atomic E-state index is -0.543. The molecular weight excluding hydrogens is 374 g/mol. The number of hydrogen-bond acceptors (Lipinski definition) is 8. The lowest BCUT2D eigenvalue weighted by Crippen LogP contribution is -2.15. The van der Waals surface area contributed by atoms with Crippen LogP contribution in [0.25, 0.3) is 21.0 Å². The van der Waals surface area contributed by atoms with Crippen LogP contribution in [-0.4, -0.2) is 15.0 Å². The van der Waals surface area contributed by atoms with Gasteiger partial charge in [-0.3, -0.25) is 9.78 Å². The lowest BCUT2D eigenvalue weighted by molar-refractivity contribution is 0.276. The molecule has 0 aliphatic carbocycles. The molecule has 0 unspecified atom stereocenters. The minimum absolute atomic E-state index is 0.00965. The number of nitrogens with one attached hydrogen (secondary N) is 1. The minimum Gasteiger partial charge on any atom is -0.458 e. The van der Waals surface area contributed by atoms with E-state index in [1.165, 1.54) is 17.4 Å². The summed E-state index contributed by atoms with van der Waals surface area (Å²) in [5.74, 6) is 0. The summed E-state index contributed by atoms with van der Waals surface area (Å²) < 4.78 is 10.6. The van der Waals surface area contributed by atoms with E-state index < -0.39 is 11.2 Å². The summed E-state index contributed by atoms with van der Waals surface area (Å²) in [4.78, 5) is 36.2. The van der Waals surface area contributed by atoms with E-state index in [9.17, 15) is 9.59 Å². The van der Waals surface area contributed by atoms with Gasteiger partial charge in [-0.25, -0.2) is 9.78 Å². The molecular formula is C17H13N3O4S2. The van der Waals surface area contributed by atoms with Crippen molar-refractivity contribution in [1.29, 1.82) is 0 Å². The number of hydrogen-bond donors (Lipinski definition) is 1. The maximum atomic E-state index is 12.3. The van der Waals surface area contributed by atoms with Gasteiger partial charge in [0.25, 0.3) is 11.6 Å². The zero-order valence-corrected chi connectivity index (χ0v) is 15.3. The molecule has 4 aromatic heterocycles. The maximum Gasteiger partial charge on any atom is 0.337 e. The Morgan fingerprint density at radius 2 is 2.15 bits per heavy atom. The Kier molecular flexibility index (Phi) is 4.39. The number of ether oxygens (including phenoxy) is 1. The highest BCUT2D eigenvalue weighted by molar-refractivity contribution is 7.20. The smallest absolute Gasteiger partial charge is 0.337 e. The van der Waals surface area contributed by atoms with Gasteiger partial charge in [-0.2, -0.15) is 4.98 Å². The number of nitrogens with zero attached hydrogens (tertiary/aromatic N) is 2. The normalized spacial score (nSPS) is 11.1. The standard InChI is InChI=1S/C17H13N3O4S2/c1-2-9-6-12(21)24-15-13(9)14(22)19-17(20-15)23-7-10-8-26-16(18-10)11-4-3-5-25-11/h3-6,8H,2,7H2,1H3,(H,19,20,22). The van der Waals surface area contributed by atoms with Crippen LogP contribution in [0.3, 0.4) is 0 Å². The maximum absolute atomic E-state index is 12.3. The second-order valence-electron chi connectivity index (χ2n) is 5.41. The average molecular weight is 387 g/mol. The number of H-pyrrole nitrogens is 1. The van der Waals surface area contributed by atoms with E-state index >= 15 is 0 Å². The molecule has 0 aliphatic rings. The fourth-order valence-corrected chi connectivity index (χ4v) is 4.12. The van der Waals surface area contributed by atoms with Crippen molar-refractivity contribution in [1.82, 2.24) is 15.0 Å². The summed E-state index contributed by atoms with van der Waals surface area (Å²) in [6, 6.07) is 5.27. The molecule has 0 fully saturated rings. The number of rotatable bonds is 5. The Bertz CT molecular complexity index is 1170. The van der Waals surface area contributed by atoms with Crippen LogP contribution in [0.1, 0.15) is 18.2 Å². The molecule has 4 heterocycles. The first-order chi connectivity index (χ1) is 12.6. The van der Waals surface area contributed by atoms with Gasteiger partial charge in [-0.15, -0.1) is 22.7 Å². The van der Waals surface area contributed by atoms with Crippen molar-refractivity contribution >= 4 is 33.8 Å². The topological polar surface area (TPSA) is 98.1 Å². The van der Waals surface area contributed by atoms with Crippen molar-refractivity contribution in [3.8, 4) is 15.9 Å². The molecule has 26 heavy (non-hydrogen) atoms. The lowest BCUT2D eigenvalue weighted by Gasteiger charge is -2.05. The molecule has 0 spiro atoms. The van der Waals surface area contributed by atoms with Crippen molar-refractivity contribution in [2.24, 2.45) is 0 Å². The summed E-state index contributed by atoms with van der Waals surface area (Å²) in [6.07, 6.45) is 0.525. The van der Waals surface area contributed by atoms with Gasteiger partial charge >= 0.3 is 5.63 Å². The average Bonchev–Trinajstić information content (AvgIpc) is 3.30. The van der Waals surface area contributed by atoms with E-state index in [4.69, 9.17) is 9.15 Å². The van der Waals surface area contributed by atoms with Crippen molar-refractivity contribution in [3.05, 3.63) is 61.0 Å². The Morgan fingerprint density at radius 3 is 2.92 bits per heavy atom. The molecule has 0 radical (unpaired) electrons. The predicted molar refractivity (Wildman–Crippen MR) is 100 cm³/mol. The molecule has 0 aromatic carbocycles. The highest BCUT2D eigenvalue weighted by Crippen LogP contribution is 2.28. The van der Waals surface area contributed by atoms with E-state index in [1.807, 2.05) is 29.8 Å². The van der Waals surface area contributed by atoms with Crippen LogP contribution in [0.4, 0.5) is 0 Å². The Balaban J connectivity index is 1.60. The van der Waals surface area contributed by atoms with E-state index in [0.717, 1.165) is 15.6 Å². The Labute approximate surface area is 155 Å². The van der Waals surface area contributed by atoms with Gasteiger partial charge in [0.05, 0.1) is 10.6 Å². The van der Waals surface area contributed by atoms with Gasteiger partial charge in [0.2, 0.25) is 5.71 Å².